The minimum atomic E-state index is 0.606. The number of aliphatic imine (C=N–C) groups is 1. The molecule has 1 aromatic rings. The summed E-state index contributed by atoms with van der Waals surface area (Å²) in [5.41, 5.74) is 4.39. The van der Waals surface area contributed by atoms with Gasteiger partial charge in [0.2, 0.25) is 6.41 Å². The van der Waals surface area contributed by atoms with E-state index in [4.69, 9.17) is 4.79 Å². The zero-order chi connectivity index (χ0) is 24.2. The molecular formula is C23H45N5OS2. The van der Waals surface area contributed by atoms with Crippen molar-refractivity contribution in [2.45, 2.75) is 73.9 Å². The average molecular weight is 472 g/mol. The molecule has 3 rings (SSSR count). The van der Waals surface area contributed by atoms with E-state index in [1.807, 2.05) is 46.3 Å². The maximum atomic E-state index is 9.06. The topological polar surface area (TPSA) is 60.8 Å². The smallest absolute Gasteiger partial charge is 0.206 e. The van der Waals surface area contributed by atoms with Crippen molar-refractivity contribution < 1.29 is 4.79 Å². The number of thiazole rings is 1. The van der Waals surface area contributed by atoms with Crippen LogP contribution >= 0.6 is 24.0 Å². The van der Waals surface area contributed by atoms with E-state index < -0.39 is 0 Å². The summed E-state index contributed by atoms with van der Waals surface area (Å²) in [4.78, 5) is 25.0. The first kappa shape index (κ1) is 32.0. The summed E-state index contributed by atoms with van der Waals surface area (Å²) in [5, 5.41) is 2.25. The quantitative estimate of drug-likeness (QED) is 0.375. The van der Waals surface area contributed by atoms with Crippen LogP contribution in [0, 0.1) is 0 Å². The molecule has 0 unspecified atom stereocenters. The summed E-state index contributed by atoms with van der Waals surface area (Å²) in [6.07, 6.45) is 4.69. The highest BCUT2D eigenvalue weighted by Crippen LogP contribution is 2.22. The molecule has 0 aromatic carbocycles. The van der Waals surface area contributed by atoms with E-state index in [0.29, 0.717) is 12.5 Å². The number of carbonyl (C=O) groups is 1. The van der Waals surface area contributed by atoms with Gasteiger partial charge in [0.05, 0.1) is 16.9 Å². The van der Waals surface area contributed by atoms with Crippen LogP contribution in [-0.2, 0) is 17.8 Å². The number of carbonyl (C=O) groups excluding carboxylic acids is 1. The normalized spacial score (nSPS) is 15.8. The Balaban J connectivity index is 0. The van der Waals surface area contributed by atoms with Crippen molar-refractivity contribution in [1.82, 2.24) is 20.1 Å². The van der Waals surface area contributed by atoms with Crippen molar-refractivity contribution in [3.63, 3.8) is 0 Å². The molecule has 180 valence electrons. The number of hydrogen-bond acceptors (Lipinski definition) is 7. The molecule has 3 heterocycles. The van der Waals surface area contributed by atoms with Gasteiger partial charge in [-0.25, -0.2) is 4.98 Å². The standard InChI is InChI=1S/C10H18N2S.C7H10N2S.C2H5NO.2C2H6/c1-4-11-9-5-6-12(8(2)3)7-10(9)13;1-9-3-2-7-6(4-9)8-5-10-7;1-3-2-4;2*1-2/h4,8,13H,5-7H2,1-3H3;5H,2-4H2,1H3;2H,1H3,(H,3,4);2*1-2H3. The SMILES string of the molecule is CC.CC.CC=NC1=C(S)CN(C(C)C)CC1.CN1CCc2scnc2C1.CNC=O. The van der Waals surface area contributed by atoms with Crippen LogP contribution in [0.2, 0.25) is 0 Å². The molecule has 0 atom stereocenters. The highest BCUT2D eigenvalue weighted by atomic mass is 32.1. The van der Waals surface area contributed by atoms with Gasteiger partial charge in [0.25, 0.3) is 0 Å². The van der Waals surface area contributed by atoms with Crippen molar-refractivity contribution >= 4 is 36.6 Å². The number of nitrogens with zero attached hydrogens (tertiary/aromatic N) is 4. The van der Waals surface area contributed by atoms with Gasteiger partial charge >= 0.3 is 0 Å². The lowest BCUT2D eigenvalue weighted by molar-refractivity contribution is -0.109. The van der Waals surface area contributed by atoms with Crippen molar-refractivity contribution in [3.05, 3.63) is 26.7 Å². The predicted molar refractivity (Wildman–Crippen MR) is 141 cm³/mol. The molecule has 0 fully saturated rings. The highest BCUT2D eigenvalue weighted by Gasteiger charge is 2.18. The zero-order valence-corrected chi connectivity index (χ0v) is 22.8. The molecule has 1 amide bonds. The summed E-state index contributed by atoms with van der Waals surface area (Å²) >= 11 is 6.26. The molecule has 2 aliphatic rings. The summed E-state index contributed by atoms with van der Waals surface area (Å²) < 4.78 is 0. The Morgan fingerprint density at radius 3 is 2.29 bits per heavy atom. The van der Waals surface area contributed by atoms with Gasteiger partial charge in [-0.2, -0.15) is 0 Å². The van der Waals surface area contributed by atoms with Gasteiger partial charge in [-0.05, 0) is 34.2 Å². The molecule has 0 bridgehead atoms. The van der Waals surface area contributed by atoms with E-state index >= 15 is 0 Å². The summed E-state index contributed by atoms with van der Waals surface area (Å²) in [6.45, 7) is 18.7. The van der Waals surface area contributed by atoms with Crippen molar-refractivity contribution in [2.24, 2.45) is 4.99 Å². The van der Waals surface area contributed by atoms with Crippen LogP contribution < -0.4 is 5.32 Å². The number of likely N-dealkylation sites (N-methyl/N-ethyl adjacent to an activating group) is 1. The Morgan fingerprint density at radius 2 is 1.81 bits per heavy atom. The van der Waals surface area contributed by atoms with E-state index in [1.54, 1.807) is 18.4 Å². The second kappa shape index (κ2) is 20.7. The molecule has 0 saturated heterocycles. The van der Waals surface area contributed by atoms with Gasteiger partial charge in [0.15, 0.2) is 0 Å². The molecule has 2 aliphatic heterocycles. The van der Waals surface area contributed by atoms with E-state index in [0.717, 1.165) is 36.7 Å². The molecule has 0 radical (unpaired) electrons. The van der Waals surface area contributed by atoms with Gasteiger partial charge < -0.3 is 10.2 Å². The van der Waals surface area contributed by atoms with Crippen LogP contribution in [0.15, 0.2) is 21.1 Å². The fourth-order valence-electron chi connectivity index (χ4n) is 2.75. The Bertz CT molecular complexity index is 629. The van der Waals surface area contributed by atoms with E-state index in [-0.39, 0.29) is 0 Å². The molecular weight excluding hydrogens is 426 g/mol. The van der Waals surface area contributed by atoms with Crippen molar-refractivity contribution in [3.8, 4) is 0 Å². The Labute approximate surface area is 200 Å². The first-order valence-corrected chi connectivity index (χ1v) is 12.6. The molecule has 1 aromatic heterocycles. The third-order valence-corrected chi connectivity index (χ3v) is 5.66. The first-order chi connectivity index (χ1) is 14.9. The summed E-state index contributed by atoms with van der Waals surface area (Å²) in [7, 11) is 3.70. The molecule has 31 heavy (non-hydrogen) atoms. The van der Waals surface area contributed by atoms with Crippen LogP contribution in [0.5, 0.6) is 0 Å². The second-order valence-electron chi connectivity index (χ2n) is 6.71. The molecule has 8 heteroatoms. The number of hydrogen-bond donors (Lipinski definition) is 2. The Kier molecular flexibility index (Phi) is 21.3. The second-order valence-corrected chi connectivity index (χ2v) is 8.19. The number of aromatic nitrogens is 1. The number of fused-ring (bicyclic) bond motifs is 1. The summed E-state index contributed by atoms with van der Waals surface area (Å²) in [6, 6.07) is 0.606. The van der Waals surface area contributed by atoms with Gasteiger partial charge in [-0.3, -0.25) is 14.7 Å². The third kappa shape index (κ3) is 13.7. The fourth-order valence-corrected chi connectivity index (χ4v) is 3.87. The van der Waals surface area contributed by atoms with Gasteiger partial charge in [-0.15, -0.1) is 24.0 Å². The number of nitrogens with one attached hydrogen (secondary N) is 1. The average Bonchev–Trinajstić information content (AvgIpc) is 3.26. The third-order valence-electron chi connectivity index (χ3n) is 4.32. The molecule has 0 spiro atoms. The largest absolute Gasteiger partial charge is 0.362 e. The van der Waals surface area contributed by atoms with Gasteiger partial charge in [0, 0.05) is 61.7 Å². The van der Waals surface area contributed by atoms with Crippen LogP contribution in [0.1, 0.15) is 65.5 Å². The molecule has 1 N–H and O–H groups in total. The zero-order valence-electron chi connectivity index (χ0n) is 21.1. The minimum Gasteiger partial charge on any atom is -0.362 e. The van der Waals surface area contributed by atoms with Crippen molar-refractivity contribution in [2.75, 3.05) is 33.7 Å². The Hall–Kier alpha value is -1.22. The lowest BCUT2D eigenvalue weighted by atomic mass is 10.1. The highest BCUT2D eigenvalue weighted by molar-refractivity contribution is 7.84. The van der Waals surface area contributed by atoms with Gasteiger partial charge in [-0.1, -0.05) is 27.7 Å². The monoisotopic (exact) mass is 471 g/mol. The van der Waals surface area contributed by atoms with Crippen LogP contribution in [-0.4, -0.2) is 67.2 Å². The van der Waals surface area contributed by atoms with E-state index in [2.05, 4.69) is 58.6 Å². The first-order valence-electron chi connectivity index (χ1n) is 11.3. The Morgan fingerprint density at radius 1 is 1.19 bits per heavy atom. The molecule has 6 nitrogen and oxygen atoms in total. The van der Waals surface area contributed by atoms with E-state index in [9.17, 15) is 0 Å². The van der Waals surface area contributed by atoms with E-state index in [1.165, 1.54) is 23.5 Å². The van der Waals surface area contributed by atoms with Crippen LogP contribution in [0.25, 0.3) is 0 Å². The number of rotatable bonds is 3. The predicted octanol–water partition coefficient (Wildman–Crippen LogP) is 4.88. The number of thiol groups is 1. The summed E-state index contributed by atoms with van der Waals surface area (Å²) in [5.74, 6) is 0. The minimum absolute atomic E-state index is 0.606. The molecule has 0 aliphatic carbocycles. The number of amides is 1. The molecule has 0 saturated carbocycles. The van der Waals surface area contributed by atoms with Crippen LogP contribution in [0.4, 0.5) is 0 Å². The fraction of sp³-hybridized carbons (Fsp3) is 0.696. The van der Waals surface area contributed by atoms with Crippen molar-refractivity contribution in [1.29, 1.82) is 0 Å². The van der Waals surface area contributed by atoms with Gasteiger partial charge in [0.1, 0.15) is 0 Å². The lowest BCUT2D eigenvalue weighted by Gasteiger charge is -2.30. The lowest BCUT2D eigenvalue weighted by Crippen LogP contribution is -2.36. The maximum Gasteiger partial charge on any atom is 0.206 e. The maximum absolute atomic E-state index is 9.06. The van der Waals surface area contributed by atoms with Crippen LogP contribution in [0.3, 0.4) is 0 Å².